The van der Waals surface area contributed by atoms with E-state index < -0.39 is 16.1 Å². The minimum absolute atomic E-state index is 0.561. The van der Waals surface area contributed by atoms with Crippen LogP contribution in [0, 0.1) is 0 Å². The molecule has 86 heavy (non-hydrogen) atoms. The van der Waals surface area contributed by atoms with Gasteiger partial charge in [0, 0.05) is 33.4 Å². The lowest BCUT2D eigenvalue weighted by Crippen LogP contribution is -2.74. The van der Waals surface area contributed by atoms with Gasteiger partial charge in [-0.05, 0) is 58.7 Å². The molecule has 0 saturated heterocycles. The van der Waals surface area contributed by atoms with Crippen LogP contribution in [0.5, 0.6) is 0 Å². The van der Waals surface area contributed by atoms with Crippen LogP contribution in [-0.2, 0) is 0 Å². The molecule has 0 saturated carbocycles. The average molecular weight is 1130 g/mol. The van der Waals surface area contributed by atoms with Gasteiger partial charge in [0.15, 0.2) is 51.1 Å². The zero-order valence-electron chi connectivity index (χ0n) is 47.0. The van der Waals surface area contributed by atoms with E-state index in [9.17, 15) is 0 Å². The number of hydrogen-bond donors (Lipinski definition) is 0. The average Bonchev–Trinajstić information content (AvgIpc) is 3.55. The smallest absolute Gasteiger partial charge is 0.179 e. The van der Waals surface area contributed by atoms with Gasteiger partial charge in [-0.25, -0.2) is 29.9 Å². The molecular weight excluding hydrogens is 1080 g/mol. The SMILES string of the molecule is c1ccc(-c2nc(-c3cccc(-c4ccccc4-c4nc(-c5ccccc5)nc(-c5cccc([Si](c6ccccc6)(c6ccccc6)c6ccccc6)c5)n4)c3)nc(-c3cccc([Si](c4ccccc4)(c4ccccc4)c4ccccc4)c3)n2)cc1. The second kappa shape index (κ2) is 23.8. The van der Waals surface area contributed by atoms with Crippen molar-refractivity contribution in [1.82, 2.24) is 29.9 Å². The predicted molar refractivity (Wildman–Crippen MR) is 358 cm³/mol. The van der Waals surface area contributed by atoms with Crippen molar-refractivity contribution in [2.75, 3.05) is 0 Å². The van der Waals surface area contributed by atoms with Crippen LogP contribution in [0.25, 0.3) is 79.5 Å². The molecule has 0 radical (unpaired) electrons. The Balaban J connectivity index is 0.902. The fourth-order valence-electron chi connectivity index (χ4n) is 12.4. The lowest BCUT2D eigenvalue weighted by atomic mass is 9.97. The van der Waals surface area contributed by atoms with E-state index in [4.69, 9.17) is 29.9 Å². The van der Waals surface area contributed by atoms with Crippen molar-refractivity contribution in [3.8, 4) is 79.5 Å². The normalized spacial score (nSPS) is 11.5. The molecule has 0 unspecified atom stereocenters. The maximum absolute atomic E-state index is 5.44. The summed E-state index contributed by atoms with van der Waals surface area (Å²) in [6.07, 6.45) is 0. The molecule has 0 atom stereocenters. The first kappa shape index (κ1) is 53.1. The molecule has 12 aromatic carbocycles. The molecule has 2 heterocycles. The number of rotatable bonds is 15. The third kappa shape index (κ3) is 10.1. The van der Waals surface area contributed by atoms with Crippen molar-refractivity contribution in [2.45, 2.75) is 0 Å². The molecule has 8 heteroatoms. The highest BCUT2D eigenvalue weighted by Gasteiger charge is 2.43. The first-order valence-corrected chi connectivity index (χ1v) is 33.0. The van der Waals surface area contributed by atoms with E-state index >= 15 is 0 Å². The lowest BCUT2D eigenvalue weighted by molar-refractivity contribution is 1.07. The Morgan fingerprint density at radius 3 is 0.709 bits per heavy atom. The minimum atomic E-state index is -2.88. The van der Waals surface area contributed by atoms with Gasteiger partial charge in [0.1, 0.15) is 0 Å². The van der Waals surface area contributed by atoms with Crippen molar-refractivity contribution in [2.24, 2.45) is 0 Å². The van der Waals surface area contributed by atoms with Gasteiger partial charge in [0.2, 0.25) is 0 Å². The van der Waals surface area contributed by atoms with Crippen LogP contribution >= 0.6 is 0 Å². The first-order valence-electron chi connectivity index (χ1n) is 29.0. The molecule has 0 aliphatic carbocycles. The Bertz CT molecular complexity index is 4430. The number of benzene rings is 12. The van der Waals surface area contributed by atoms with Crippen LogP contribution in [0.1, 0.15) is 0 Å². The maximum Gasteiger partial charge on any atom is 0.179 e. The third-order valence-corrected chi connectivity index (χ3v) is 25.8. The molecule has 0 aliphatic heterocycles. The molecule has 14 rings (SSSR count). The second-order valence-electron chi connectivity index (χ2n) is 21.3. The van der Waals surface area contributed by atoms with E-state index in [-0.39, 0.29) is 0 Å². The Kier molecular flexibility index (Phi) is 14.7. The summed E-state index contributed by atoms with van der Waals surface area (Å²) in [7, 11) is -5.76. The largest absolute Gasteiger partial charge is 0.208 e. The van der Waals surface area contributed by atoms with Gasteiger partial charge >= 0.3 is 0 Å². The zero-order valence-corrected chi connectivity index (χ0v) is 49.0. The van der Waals surface area contributed by atoms with Crippen molar-refractivity contribution in [3.05, 3.63) is 340 Å². The Morgan fingerprint density at radius 1 is 0.151 bits per heavy atom. The van der Waals surface area contributed by atoms with Crippen molar-refractivity contribution >= 4 is 57.6 Å². The molecule has 6 nitrogen and oxygen atoms in total. The van der Waals surface area contributed by atoms with Crippen LogP contribution in [0.3, 0.4) is 0 Å². The molecule has 0 spiro atoms. The van der Waals surface area contributed by atoms with Crippen molar-refractivity contribution in [3.63, 3.8) is 0 Å². The van der Waals surface area contributed by atoms with Crippen LogP contribution in [0.4, 0.5) is 0 Å². The van der Waals surface area contributed by atoms with Gasteiger partial charge in [-0.3, -0.25) is 0 Å². The number of nitrogens with zero attached hydrogens (tertiary/aromatic N) is 6. The predicted octanol–water partition coefficient (Wildman–Crippen LogP) is 12.5. The van der Waals surface area contributed by atoms with E-state index in [2.05, 4.69) is 303 Å². The monoisotopic (exact) mass is 1130 g/mol. The Morgan fingerprint density at radius 2 is 0.372 bits per heavy atom. The van der Waals surface area contributed by atoms with Gasteiger partial charge in [0.05, 0.1) is 0 Å². The maximum atomic E-state index is 5.44. The van der Waals surface area contributed by atoms with Crippen molar-refractivity contribution < 1.29 is 0 Å². The molecule has 14 aromatic rings. The summed E-state index contributed by atoms with van der Waals surface area (Å²) in [5, 5.41) is 10.2. The highest BCUT2D eigenvalue weighted by atomic mass is 28.3. The summed E-state index contributed by atoms with van der Waals surface area (Å²) in [4.78, 5) is 32.0. The summed E-state index contributed by atoms with van der Waals surface area (Å²) in [6.45, 7) is 0. The van der Waals surface area contributed by atoms with E-state index in [1.807, 2.05) is 36.4 Å². The van der Waals surface area contributed by atoms with Crippen molar-refractivity contribution in [1.29, 1.82) is 0 Å². The summed E-state index contributed by atoms with van der Waals surface area (Å²) in [6, 6.07) is 121. The van der Waals surface area contributed by atoms with Crippen LogP contribution in [0.15, 0.2) is 340 Å². The van der Waals surface area contributed by atoms with Gasteiger partial charge in [-0.2, -0.15) is 0 Å². The molecule has 0 amide bonds. The first-order chi connectivity index (χ1) is 42.6. The molecule has 0 aliphatic rings. The van der Waals surface area contributed by atoms with Gasteiger partial charge in [-0.1, -0.05) is 334 Å². The topological polar surface area (TPSA) is 77.3 Å². The van der Waals surface area contributed by atoms with Crippen LogP contribution < -0.4 is 41.5 Å². The molecular formula is C78H56N6Si2. The van der Waals surface area contributed by atoms with Crippen LogP contribution in [-0.4, -0.2) is 46.1 Å². The summed E-state index contributed by atoms with van der Waals surface area (Å²) < 4.78 is 0. The highest BCUT2D eigenvalue weighted by molar-refractivity contribution is 7.20. The lowest BCUT2D eigenvalue weighted by Gasteiger charge is -2.34. The van der Waals surface area contributed by atoms with E-state index in [0.717, 1.165) is 44.5 Å². The molecule has 0 bridgehead atoms. The van der Waals surface area contributed by atoms with E-state index in [0.29, 0.717) is 34.9 Å². The van der Waals surface area contributed by atoms with E-state index in [1.54, 1.807) is 0 Å². The fourth-order valence-corrected chi connectivity index (χ4v) is 22.0. The third-order valence-electron chi connectivity index (χ3n) is 16.3. The molecule has 2 aromatic heterocycles. The highest BCUT2D eigenvalue weighted by Crippen LogP contribution is 2.35. The fraction of sp³-hybridized carbons (Fsp3) is 0. The van der Waals surface area contributed by atoms with Gasteiger partial charge < -0.3 is 0 Å². The molecule has 0 fully saturated rings. The Hall–Kier alpha value is -10.9. The zero-order chi connectivity index (χ0) is 57.5. The van der Waals surface area contributed by atoms with Gasteiger partial charge in [0.25, 0.3) is 0 Å². The second-order valence-corrected chi connectivity index (χ2v) is 28.9. The summed E-state index contributed by atoms with van der Waals surface area (Å²) >= 11 is 0. The summed E-state index contributed by atoms with van der Waals surface area (Å²) in [5.74, 6) is 3.47. The van der Waals surface area contributed by atoms with E-state index in [1.165, 1.54) is 41.5 Å². The standard InChI is InChI=1S/C78H56N6Si2/c1-9-30-57(31-10-1)73-79-75(82-76(80-73)61-36-28-50-69(55-61)85(63-38-13-3-14-39-63,64-40-15-4-16-41-64)65-42-17-5-18-43-65)60-35-27-34-59(54-60)71-52-25-26-53-72(71)78-83-74(58-32-11-2-12-33-58)81-77(84-78)62-37-29-51-70(56-62)86(66-44-19-6-20-45-66,67-46-21-7-22-47-67)68-48-23-8-24-49-68/h1-56H. The van der Waals surface area contributed by atoms with Gasteiger partial charge in [-0.15, -0.1) is 0 Å². The number of aromatic nitrogens is 6. The van der Waals surface area contributed by atoms with Crippen LogP contribution in [0.2, 0.25) is 0 Å². The Labute approximate surface area is 503 Å². The number of hydrogen-bond acceptors (Lipinski definition) is 6. The quantitative estimate of drug-likeness (QED) is 0.0752. The minimum Gasteiger partial charge on any atom is -0.208 e. The summed E-state index contributed by atoms with van der Waals surface area (Å²) in [5.41, 5.74) is 7.23. The molecule has 406 valence electrons. The molecule has 0 N–H and O–H groups in total.